The zero-order valence-corrected chi connectivity index (χ0v) is 27.9. The average Bonchev–Trinajstić information content (AvgIpc) is 3.69. The van der Waals surface area contributed by atoms with E-state index in [1.165, 1.54) is 7.11 Å². The second-order valence-corrected chi connectivity index (χ2v) is 12.5. The number of carbonyl (C=O) groups excluding carboxylic acids is 1. The van der Waals surface area contributed by atoms with Gasteiger partial charge >= 0.3 is 5.97 Å². The molecule has 1 atom stereocenters. The van der Waals surface area contributed by atoms with Gasteiger partial charge in [-0.15, -0.1) is 0 Å². The lowest BCUT2D eigenvalue weighted by molar-refractivity contribution is 0.0599. The van der Waals surface area contributed by atoms with Crippen molar-refractivity contribution >= 4 is 28.3 Å². The number of carbonyl (C=O) groups is 1. The minimum atomic E-state index is -0.789. The summed E-state index contributed by atoms with van der Waals surface area (Å²) in [7, 11) is 4.79. The topological polar surface area (TPSA) is 81.8 Å². The third-order valence-electron chi connectivity index (χ3n) is 9.88. The molecule has 2 aliphatic rings. The van der Waals surface area contributed by atoms with Crippen LogP contribution in [-0.4, -0.2) is 58.8 Å². The smallest absolute Gasteiger partial charge is 0.338 e. The van der Waals surface area contributed by atoms with E-state index in [0.29, 0.717) is 38.0 Å². The van der Waals surface area contributed by atoms with Gasteiger partial charge in [-0.2, -0.15) is 0 Å². The number of halogens is 2. The monoisotopic (exact) mass is 665 g/mol. The summed E-state index contributed by atoms with van der Waals surface area (Å²) in [4.78, 5) is 34.9. The number of fused-ring (bicyclic) bond motifs is 2. The van der Waals surface area contributed by atoms with Gasteiger partial charge in [0, 0.05) is 79.6 Å². The summed E-state index contributed by atoms with van der Waals surface area (Å²) in [5.41, 5.74) is 5.70. The number of pyridine rings is 2. The molecule has 7 rings (SSSR count). The summed E-state index contributed by atoms with van der Waals surface area (Å²) < 4.78 is 43.6. The maximum atomic E-state index is 15.0. The first kappa shape index (κ1) is 32.3. The molecule has 0 saturated carbocycles. The second kappa shape index (κ2) is 13.0. The van der Waals surface area contributed by atoms with Gasteiger partial charge < -0.3 is 18.9 Å². The van der Waals surface area contributed by atoms with Gasteiger partial charge in [-0.05, 0) is 73.4 Å². The van der Waals surface area contributed by atoms with Crippen LogP contribution in [0.1, 0.15) is 52.1 Å². The van der Waals surface area contributed by atoms with Crippen LogP contribution in [0.15, 0.2) is 77.9 Å². The summed E-state index contributed by atoms with van der Waals surface area (Å²) in [5, 5.41) is 0.866. The van der Waals surface area contributed by atoms with Gasteiger partial charge in [0.25, 0.3) is 5.56 Å². The Bertz CT molecular complexity index is 2150. The van der Waals surface area contributed by atoms with E-state index in [1.54, 1.807) is 17.9 Å². The molecule has 0 saturated heterocycles. The predicted molar refractivity (Wildman–Crippen MR) is 184 cm³/mol. The van der Waals surface area contributed by atoms with Gasteiger partial charge in [0.1, 0.15) is 23.0 Å². The number of anilines is 1. The molecule has 2 aliphatic heterocycles. The minimum absolute atomic E-state index is 0.0338. The zero-order valence-electron chi connectivity index (χ0n) is 27.9. The van der Waals surface area contributed by atoms with Gasteiger partial charge in [0.15, 0.2) is 0 Å². The summed E-state index contributed by atoms with van der Waals surface area (Å²) in [6.45, 7) is 4.62. The molecule has 11 heteroatoms. The third kappa shape index (κ3) is 5.78. The molecule has 0 N–H and O–H groups in total. The average molecular weight is 666 g/mol. The quantitative estimate of drug-likeness (QED) is 0.182. The highest BCUT2D eigenvalue weighted by atomic mass is 19.1. The predicted octanol–water partition coefficient (Wildman–Crippen LogP) is 6.21. The fourth-order valence-corrected chi connectivity index (χ4v) is 7.17. The molecule has 5 aromatic rings. The molecule has 252 valence electrons. The lowest BCUT2D eigenvalue weighted by atomic mass is 9.96. The minimum Gasteiger partial charge on any atom is -0.497 e. The highest BCUT2D eigenvalue weighted by Gasteiger charge is 2.27. The number of methoxy groups -OCH3 is 2. The molecule has 0 aliphatic carbocycles. The van der Waals surface area contributed by atoms with E-state index < -0.39 is 17.6 Å². The Hall–Kier alpha value is -5.29. The van der Waals surface area contributed by atoms with Gasteiger partial charge in [-0.25, -0.2) is 18.6 Å². The van der Waals surface area contributed by atoms with Gasteiger partial charge in [-0.3, -0.25) is 14.3 Å². The van der Waals surface area contributed by atoms with Crippen molar-refractivity contribution in [1.82, 2.24) is 19.0 Å². The van der Waals surface area contributed by atoms with Crippen LogP contribution in [0.2, 0.25) is 0 Å². The van der Waals surface area contributed by atoms with Crippen LogP contribution in [0.5, 0.6) is 5.75 Å². The fourth-order valence-electron chi connectivity index (χ4n) is 7.17. The highest BCUT2D eigenvalue weighted by Crippen LogP contribution is 2.34. The molecule has 49 heavy (non-hydrogen) atoms. The number of benzene rings is 2. The Balaban J connectivity index is 1.14. The fraction of sp³-hybridized carbons (Fsp3) is 0.289. The van der Waals surface area contributed by atoms with Gasteiger partial charge in [-0.1, -0.05) is 18.2 Å². The molecule has 9 nitrogen and oxygen atoms in total. The van der Waals surface area contributed by atoms with Gasteiger partial charge in [0.2, 0.25) is 0 Å². The number of nitrogens with zero attached hydrogens (tertiary/aromatic N) is 5. The number of rotatable bonds is 8. The highest BCUT2D eigenvalue weighted by molar-refractivity contribution is 5.90. The Morgan fingerprint density at radius 3 is 2.41 bits per heavy atom. The summed E-state index contributed by atoms with van der Waals surface area (Å²) in [6.07, 6.45) is 6.53. The van der Waals surface area contributed by atoms with Crippen LogP contribution < -0.4 is 15.2 Å². The van der Waals surface area contributed by atoms with Crippen LogP contribution in [-0.2, 0) is 24.8 Å². The number of ether oxygens (including phenoxy) is 2. The summed E-state index contributed by atoms with van der Waals surface area (Å²) >= 11 is 0. The van der Waals surface area contributed by atoms with E-state index >= 15 is 0 Å². The van der Waals surface area contributed by atoms with E-state index in [4.69, 9.17) is 4.74 Å². The van der Waals surface area contributed by atoms with Crippen molar-refractivity contribution in [2.24, 2.45) is 7.05 Å². The van der Waals surface area contributed by atoms with Crippen molar-refractivity contribution < 1.29 is 23.0 Å². The van der Waals surface area contributed by atoms with Crippen molar-refractivity contribution in [2.75, 3.05) is 38.8 Å². The largest absolute Gasteiger partial charge is 0.497 e. The Kier molecular flexibility index (Phi) is 8.54. The molecular weight excluding hydrogens is 628 g/mol. The maximum Gasteiger partial charge on any atom is 0.338 e. The zero-order chi connectivity index (χ0) is 34.4. The molecular formula is C38H37F2N5O4. The second-order valence-electron chi connectivity index (χ2n) is 12.5. The standard InChI is InChI=1S/C38H37F2N5O4/c1-23(43-15-10-25(11-16-43)35-30(39)19-26(20-31(35)40)38(47)49-4)34-21-29-33(9-14-41-36(29)42(34)2)45-18-13-32-28(37(45)46)12-17-44(32)22-24-5-7-27(48-3)8-6-24/h5-10,13-14,18-21,23H,11-12,15-17,22H2,1-4H3. The number of esters is 1. The van der Waals surface area contributed by atoms with Crippen molar-refractivity contribution in [3.8, 4) is 11.4 Å². The third-order valence-corrected chi connectivity index (χ3v) is 9.88. The van der Waals surface area contributed by atoms with Crippen molar-refractivity contribution in [1.29, 1.82) is 0 Å². The Labute approximate surface area is 282 Å². The first-order chi connectivity index (χ1) is 23.7. The SMILES string of the molecule is COC(=O)c1cc(F)c(C2=CCN(C(C)c3cc4c(-n5ccc6c(c5=O)CCN6Cc5ccc(OC)cc5)ccnc4n3C)CC2)c(F)c1. The molecule has 0 bridgehead atoms. The number of hydrogen-bond donors (Lipinski definition) is 0. The molecule has 3 aromatic heterocycles. The lowest BCUT2D eigenvalue weighted by Crippen LogP contribution is -2.32. The first-order valence-electron chi connectivity index (χ1n) is 16.3. The molecule has 0 spiro atoms. The van der Waals surface area contributed by atoms with Crippen molar-refractivity contribution in [3.05, 3.63) is 123 Å². The van der Waals surface area contributed by atoms with Crippen LogP contribution in [0, 0.1) is 11.6 Å². The molecule has 0 radical (unpaired) electrons. The van der Waals surface area contributed by atoms with E-state index in [9.17, 15) is 18.4 Å². The molecule has 5 heterocycles. The van der Waals surface area contributed by atoms with Crippen LogP contribution in [0.3, 0.4) is 0 Å². The van der Waals surface area contributed by atoms with Crippen molar-refractivity contribution in [2.45, 2.75) is 32.4 Å². The summed E-state index contributed by atoms with van der Waals surface area (Å²) in [6, 6.07) is 16.0. The number of aromatic nitrogens is 3. The normalized spacial score (nSPS) is 15.3. The molecule has 2 aromatic carbocycles. The van der Waals surface area contributed by atoms with E-state index in [0.717, 1.165) is 63.7 Å². The summed E-state index contributed by atoms with van der Waals surface area (Å²) in [5.74, 6) is -1.55. The number of aryl methyl sites for hydroxylation is 1. The van der Waals surface area contributed by atoms with Crippen LogP contribution in [0.4, 0.5) is 14.5 Å². The van der Waals surface area contributed by atoms with Gasteiger partial charge in [0.05, 0.1) is 25.5 Å². The maximum absolute atomic E-state index is 15.0. The van der Waals surface area contributed by atoms with Crippen molar-refractivity contribution in [3.63, 3.8) is 0 Å². The first-order valence-corrected chi connectivity index (χ1v) is 16.3. The van der Waals surface area contributed by atoms with Crippen LogP contribution >= 0.6 is 0 Å². The Morgan fingerprint density at radius 2 is 1.73 bits per heavy atom. The lowest BCUT2D eigenvalue weighted by Gasteiger charge is -2.32. The molecule has 0 amide bonds. The molecule has 1 unspecified atom stereocenters. The Morgan fingerprint density at radius 1 is 0.980 bits per heavy atom. The van der Waals surface area contributed by atoms with E-state index in [1.807, 2.05) is 60.3 Å². The van der Waals surface area contributed by atoms with E-state index in [-0.39, 0.29) is 22.7 Å². The van der Waals surface area contributed by atoms with E-state index in [2.05, 4.69) is 32.5 Å². The molecule has 0 fully saturated rings. The van der Waals surface area contributed by atoms with Crippen LogP contribution in [0.25, 0.3) is 22.3 Å². The number of hydrogen-bond acceptors (Lipinski definition) is 7.